The summed E-state index contributed by atoms with van der Waals surface area (Å²) >= 11 is 0. The van der Waals surface area contributed by atoms with Gasteiger partial charge in [-0.2, -0.15) is 0 Å². The minimum absolute atomic E-state index is 0.319. The molecule has 0 bridgehead atoms. The number of hydrogen-bond donors (Lipinski definition) is 0. The van der Waals surface area contributed by atoms with Crippen molar-refractivity contribution < 1.29 is 14.0 Å². The van der Waals surface area contributed by atoms with Gasteiger partial charge in [0.2, 0.25) is 0 Å². The van der Waals surface area contributed by atoms with Crippen LogP contribution in [0.2, 0.25) is 0 Å². The van der Waals surface area contributed by atoms with Gasteiger partial charge in [0.15, 0.2) is 0 Å². The minimum atomic E-state index is -0.334. The smallest absolute Gasteiger partial charge is 0.494 e. The van der Waals surface area contributed by atoms with E-state index < -0.39 is 0 Å². The zero-order valence-electron chi connectivity index (χ0n) is 13.7. The number of hydrogen-bond acceptors (Lipinski definition) is 3. The summed E-state index contributed by atoms with van der Waals surface area (Å²) in [5, 5.41) is 0. The Bertz CT molecular complexity index is 493. The Morgan fingerprint density at radius 2 is 1.55 bits per heavy atom. The molecule has 3 nitrogen and oxygen atoms in total. The van der Waals surface area contributed by atoms with Gasteiger partial charge in [-0.05, 0) is 65.6 Å². The molecule has 0 unspecified atom stereocenters. The molecule has 4 heteroatoms. The SMILES string of the molecule is CCOc1cc(B2OC(C)(C)C(C)(C)O2)c(C)cc1C. The van der Waals surface area contributed by atoms with Crippen molar-refractivity contribution in [3.63, 3.8) is 0 Å². The quantitative estimate of drug-likeness (QED) is 0.794. The van der Waals surface area contributed by atoms with Crippen LogP contribution in [0.1, 0.15) is 45.7 Å². The van der Waals surface area contributed by atoms with Gasteiger partial charge in [-0.15, -0.1) is 0 Å². The lowest BCUT2D eigenvalue weighted by atomic mass is 9.75. The van der Waals surface area contributed by atoms with E-state index in [9.17, 15) is 0 Å². The summed E-state index contributed by atoms with van der Waals surface area (Å²) in [5.41, 5.74) is 2.73. The third-order valence-corrected chi connectivity index (χ3v) is 4.37. The molecule has 0 aromatic heterocycles. The van der Waals surface area contributed by atoms with Gasteiger partial charge in [-0.25, -0.2) is 0 Å². The van der Waals surface area contributed by atoms with E-state index in [2.05, 4.69) is 53.7 Å². The van der Waals surface area contributed by atoms with Gasteiger partial charge in [0.05, 0.1) is 17.8 Å². The zero-order valence-corrected chi connectivity index (χ0v) is 13.7. The van der Waals surface area contributed by atoms with E-state index in [0.717, 1.165) is 16.8 Å². The predicted molar refractivity (Wildman–Crippen MR) is 82.8 cm³/mol. The van der Waals surface area contributed by atoms with Crippen LogP contribution in [0.3, 0.4) is 0 Å². The zero-order chi connectivity index (χ0) is 15.1. The lowest BCUT2D eigenvalue weighted by Gasteiger charge is -2.32. The molecule has 1 heterocycles. The van der Waals surface area contributed by atoms with Crippen LogP contribution in [0.25, 0.3) is 0 Å². The van der Waals surface area contributed by atoms with Gasteiger partial charge >= 0.3 is 7.12 Å². The molecule has 20 heavy (non-hydrogen) atoms. The molecule has 0 atom stereocenters. The lowest BCUT2D eigenvalue weighted by molar-refractivity contribution is 0.00578. The molecule has 1 fully saturated rings. The van der Waals surface area contributed by atoms with Gasteiger partial charge in [0, 0.05) is 0 Å². The average Bonchev–Trinajstić information content (AvgIpc) is 2.52. The Morgan fingerprint density at radius 3 is 2.05 bits per heavy atom. The van der Waals surface area contributed by atoms with Crippen LogP contribution in [-0.4, -0.2) is 24.9 Å². The third-order valence-electron chi connectivity index (χ3n) is 4.37. The third kappa shape index (κ3) is 2.59. The second-order valence-corrected chi connectivity index (χ2v) is 6.50. The van der Waals surface area contributed by atoms with E-state index in [1.54, 1.807) is 0 Å². The second-order valence-electron chi connectivity index (χ2n) is 6.50. The summed E-state index contributed by atoms with van der Waals surface area (Å²) in [5.74, 6) is 0.905. The Labute approximate surface area is 122 Å². The molecule has 1 aliphatic heterocycles. The summed E-state index contributed by atoms with van der Waals surface area (Å²) in [6, 6.07) is 4.18. The van der Waals surface area contributed by atoms with Crippen LogP contribution >= 0.6 is 0 Å². The Balaban J connectivity index is 2.37. The van der Waals surface area contributed by atoms with Crippen LogP contribution in [0.5, 0.6) is 5.75 Å². The predicted octanol–water partition coefficient (Wildman–Crippen LogP) is 3.00. The van der Waals surface area contributed by atoms with Crippen LogP contribution in [0.15, 0.2) is 12.1 Å². The fourth-order valence-corrected chi connectivity index (χ4v) is 2.38. The first-order chi connectivity index (χ1) is 9.18. The second kappa shape index (κ2) is 5.08. The summed E-state index contributed by atoms with van der Waals surface area (Å²) in [6.45, 7) is 15.1. The van der Waals surface area contributed by atoms with Gasteiger partial charge in [-0.3, -0.25) is 0 Å². The molecule has 0 amide bonds. The normalized spacial score (nSPS) is 20.2. The van der Waals surface area contributed by atoms with Crippen molar-refractivity contribution in [2.45, 2.75) is 59.7 Å². The highest BCUT2D eigenvalue weighted by Gasteiger charge is 2.52. The highest BCUT2D eigenvalue weighted by atomic mass is 16.7. The molecular weight excluding hydrogens is 251 g/mol. The van der Waals surface area contributed by atoms with E-state index >= 15 is 0 Å². The van der Waals surface area contributed by atoms with Gasteiger partial charge in [-0.1, -0.05) is 11.6 Å². The first-order valence-corrected chi connectivity index (χ1v) is 7.27. The largest absolute Gasteiger partial charge is 0.495 e. The Morgan fingerprint density at radius 1 is 1.00 bits per heavy atom. The van der Waals surface area contributed by atoms with E-state index in [4.69, 9.17) is 14.0 Å². The summed E-state index contributed by atoms with van der Waals surface area (Å²) in [7, 11) is -0.334. The molecule has 110 valence electrons. The van der Waals surface area contributed by atoms with Crippen LogP contribution in [0.4, 0.5) is 0 Å². The van der Waals surface area contributed by atoms with Crippen molar-refractivity contribution in [3.05, 3.63) is 23.3 Å². The molecule has 0 N–H and O–H groups in total. The number of ether oxygens (including phenoxy) is 1. The fourth-order valence-electron chi connectivity index (χ4n) is 2.38. The van der Waals surface area contributed by atoms with E-state index in [1.807, 2.05) is 6.92 Å². The van der Waals surface area contributed by atoms with Gasteiger partial charge < -0.3 is 14.0 Å². The van der Waals surface area contributed by atoms with Crippen molar-refractivity contribution in [2.24, 2.45) is 0 Å². The molecular formula is C16H25BO3. The molecule has 2 rings (SSSR count). The van der Waals surface area contributed by atoms with Crippen molar-refractivity contribution in [3.8, 4) is 5.75 Å². The molecule has 1 aromatic rings. The van der Waals surface area contributed by atoms with E-state index in [-0.39, 0.29) is 18.3 Å². The standard InChI is InChI=1S/C16H25BO3/c1-8-18-14-10-13(11(2)9-12(14)3)17-19-15(4,5)16(6,7)20-17/h9-10H,8H2,1-7H3. The van der Waals surface area contributed by atoms with Crippen LogP contribution < -0.4 is 10.2 Å². The van der Waals surface area contributed by atoms with Crippen LogP contribution in [0, 0.1) is 13.8 Å². The van der Waals surface area contributed by atoms with Gasteiger partial charge in [0.25, 0.3) is 0 Å². The molecule has 1 aromatic carbocycles. The Kier molecular flexibility index (Phi) is 3.91. The van der Waals surface area contributed by atoms with Crippen molar-refractivity contribution >= 4 is 12.6 Å². The Hall–Kier alpha value is -0.995. The highest BCUT2D eigenvalue weighted by Crippen LogP contribution is 2.37. The van der Waals surface area contributed by atoms with Crippen LogP contribution in [-0.2, 0) is 9.31 Å². The maximum atomic E-state index is 6.13. The summed E-state index contributed by atoms with van der Waals surface area (Å²) < 4.78 is 17.9. The molecule has 0 spiro atoms. The number of aryl methyl sites for hydroxylation is 2. The average molecular weight is 276 g/mol. The van der Waals surface area contributed by atoms with E-state index in [0.29, 0.717) is 6.61 Å². The molecule has 1 aliphatic rings. The maximum absolute atomic E-state index is 6.13. The maximum Gasteiger partial charge on any atom is 0.495 e. The van der Waals surface area contributed by atoms with Crippen molar-refractivity contribution in [2.75, 3.05) is 6.61 Å². The van der Waals surface area contributed by atoms with E-state index in [1.165, 1.54) is 5.56 Å². The summed E-state index contributed by atoms with van der Waals surface area (Å²) in [4.78, 5) is 0. The molecule has 0 saturated carbocycles. The first-order valence-electron chi connectivity index (χ1n) is 7.27. The minimum Gasteiger partial charge on any atom is -0.494 e. The van der Waals surface area contributed by atoms with Crippen molar-refractivity contribution in [1.29, 1.82) is 0 Å². The molecule has 0 radical (unpaired) electrons. The number of benzene rings is 1. The summed E-state index contributed by atoms with van der Waals surface area (Å²) in [6.07, 6.45) is 0. The fraction of sp³-hybridized carbons (Fsp3) is 0.625. The first kappa shape index (κ1) is 15.4. The number of rotatable bonds is 3. The highest BCUT2D eigenvalue weighted by molar-refractivity contribution is 6.62. The van der Waals surface area contributed by atoms with Crippen molar-refractivity contribution in [1.82, 2.24) is 0 Å². The van der Waals surface area contributed by atoms with Gasteiger partial charge in [0.1, 0.15) is 5.75 Å². The topological polar surface area (TPSA) is 27.7 Å². The molecule has 0 aliphatic carbocycles. The lowest BCUT2D eigenvalue weighted by Crippen LogP contribution is -2.41. The molecule has 1 saturated heterocycles. The monoisotopic (exact) mass is 276 g/mol.